The van der Waals surface area contributed by atoms with E-state index in [1.54, 1.807) is 0 Å². The number of carboxylic acid groups (broad SMARTS) is 1. The van der Waals surface area contributed by atoms with E-state index in [4.69, 9.17) is 21.4 Å². The smallest absolute Gasteiger partial charge is 0.304 e. The normalized spacial score (nSPS) is 11.4. The first-order valence-corrected chi connectivity index (χ1v) is 5.52. The van der Waals surface area contributed by atoms with Gasteiger partial charge in [0, 0.05) is 17.0 Å². The Morgan fingerprint density at radius 1 is 1.50 bits per heavy atom. The molecule has 1 N–H and O–H groups in total. The van der Waals surface area contributed by atoms with Gasteiger partial charge in [0.2, 0.25) is 0 Å². The molecule has 0 atom stereocenters. The van der Waals surface area contributed by atoms with E-state index >= 15 is 0 Å². The van der Waals surface area contributed by atoms with Crippen LogP contribution in [0.2, 0.25) is 5.02 Å². The van der Waals surface area contributed by atoms with Crippen LogP contribution in [0.15, 0.2) is 6.07 Å². The van der Waals surface area contributed by atoms with Crippen LogP contribution in [-0.2, 0) is 10.2 Å². The van der Waals surface area contributed by atoms with Crippen molar-refractivity contribution in [3.8, 4) is 5.75 Å². The number of aliphatic carboxylic acids is 1. The molecule has 6 heteroatoms. The van der Waals surface area contributed by atoms with Crippen LogP contribution >= 0.6 is 11.6 Å². The van der Waals surface area contributed by atoms with E-state index in [0.29, 0.717) is 0 Å². The largest absolute Gasteiger partial charge is 0.495 e. The van der Waals surface area contributed by atoms with Crippen molar-refractivity contribution in [2.75, 3.05) is 7.11 Å². The molecule has 0 aliphatic carbocycles. The second-order valence-electron chi connectivity index (χ2n) is 4.52. The Labute approximate surface area is 108 Å². The van der Waals surface area contributed by atoms with Crippen molar-refractivity contribution in [1.82, 2.24) is 0 Å². The SMILES string of the molecule is COc1cc(F)c(C(C)(C)CC(=O)O)c(F)c1Cl. The first-order valence-electron chi connectivity index (χ1n) is 5.14. The van der Waals surface area contributed by atoms with Gasteiger partial charge in [0.1, 0.15) is 16.6 Å². The quantitative estimate of drug-likeness (QED) is 0.859. The maximum absolute atomic E-state index is 14.0. The maximum Gasteiger partial charge on any atom is 0.304 e. The minimum Gasteiger partial charge on any atom is -0.495 e. The lowest BCUT2D eigenvalue weighted by Gasteiger charge is -2.25. The fraction of sp³-hybridized carbons (Fsp3) is 0.417. The summed E-state index contributed by atoms with van der Waals surface area (Å²) in [5.74, 6) is -3.13. The molecule has 3 nitrogen and oxygen atoms in total. The minimum atomic E-state index is -1.21. The van der Waals surface area contributed by atoms with Crippen molar-refractivity contribution in [3.63, 3.8) is 0 Å². The zero-order valence-corrected chi connectivity index (χ0v) is 10.9. The molecule has 0 heterocycles. The van der Waals surface area contributed by atoms with Crippen LogP contribution in [0.4, 0.5) is 8.78 Å². The molecule has 0 saturated heterocycles. The first kappa shape index (κ1) is 14.7. The lowest BCUT2D eigenvalue weighted by atomic mass is 9.81. The Hall–Kier alpha value is -1.36. The molecule has 0 aliphatic rings. The van der Waals surface area contributed by atoms with E-state index in [1.807, 2.05) is 0 Å². The van der Waals surface area contributed by atoms with Crippen molar-refractivity contribution >= 4 is 17.6 Å². The second kappa shape index (κ2) is 5.10. The van der Waals surface area contributed by atoms with E-state index in [0.717, 1.165) is 6.07 Å². The minimum absolute atomic E-state index is 0.124. The Morgan fingerprint density at radius 3 is 2.50 bits per heavy atom. The highest BCUT2D eigenvalue weighted by atomic mass is 35.5. The van der Waals surface area contributed by atoms with Crippen molar-refractivity contribution in [3.05, 3.63) is 28.3 Å². The summed E-state index contributed by atoms with van der Waals surface area (Å²) in [5.41, 5.74) is -1.56. The Morgan fingerprint density at radius 2 is 2.06 bits per heavy atom. The number of ether oxygens (including phenoxy) is 1. The highest BCUT2D eigenvalue weighted by Crippen LogP contribution is 2.38. The molecule has 1 aromatic carbocycles. The maximum atomic E-state index is 14.0. The Kier molecular flexibility index (Phi) is 4.16. The molecule has 0 spiro atoms. The van der Waals surface area contributed by atoms with Crippen molar-refractivity contribution in [2.24, 2.45) is 0 Å². The number of carbonyl (C=O) groups is 1. The molecule has 1 aromatic rings. The third kappa shape index (κ3) is 2.72. The second-order valence-corrected chi connectivity index (χ2v) is 4.90. The first-order chi connectivity index (χ1) is 8.20. The third-order valence-corrected chi connectivity index (χ3v) is 2.97. The molecule has 0 aromatic heterocycles. The summed E-state index contributed by atoms with van der Waals surface area (Å²) in [7, 11) is 1.24. The van der Waals surface area contributed by atoms with Crippen LogP contribution in [0.1, 0.15) is 25.8 Å². The standard InChI is InChI=1S/C12H13ClF2O3/c1-12(2,5-8(16)17)9-6(14)4-7(18-3)10(13)11(9)15/h4H,5H2,1-3H3,(H,16,17). The van der Waals surface area contributed by atoms with Gasteiger partial charge in [0.15, 0.2) is 5.82 Å². The Balaban J connectivity index is 3.42. The molecular weight excluding hydrogens is 266 g/mol. The molecule has 100 valence electrons. The van der Waals surface area contributed by atoms with E-state index in [-0.39, 0.29) is 16.3 Å². The summed E-state index contributed by atoms with van der Waals surface area (Å²) in [5, 5.41) is 8.41. The third-order valence-electron chi connectivity index (χ3n) is 2.62. The van der Waals surface area contributed by atoms with Gasteiger partial charge in [-0.25, -0.2) is 8.78 Å². The van der Waals surface area contributed by atoms with Gasteiger partial charge in [-0.3, -0.25) is 4.79 Å². The van der Waals surface area contributed by atoms with Crippen molar-refractivity contribution < 1.29 is 23.4 Å². The van der Waals surface area contributed by atoms with Crippen molar-refractivity contribution in [2.45, 2.75) is 25.7 Å². The molecule has 0 unspecified atom stereocenters. The zero-order valence-electron chi connectivity index (χ0n) is 10.2. The molecule has 0 amide bonds. The van der Waals surface area contributed by atoms with E-state index in [1.165, 1.54) is 21.0 Å². The van der Waals surface area contributed by atoms with Gasteiger partial charge >= 0.3 is 5.97 Å². The highest BCUT2D eigenvalue weighted by Gasteiger charge is 2.32. The highest BCUT2D eigenvalue weighted by molar-refractivity contribution is 6.32. The van der Waals surface area contributed by atoms with Crippen LogP contribution < -0.4 is 4.74 Å². The van der Waals surface area contributed by atoms with Gasteiger partial charge in [-0.05, 0) is 0 Å². The molecular formula is C12H13ClF2O3. The summed E-state index contributed by atoms with van der Waals surface area (Å²) in [4.78, 5) is 10.7. The zero-order chi connectivity index (χ0) is 14.1. The molecule has 0 saturated carbocycles. The monoisotopic (exact) mass is 278 g/mol. The average molecular weight is 279 g/mol. The number of methoxy groups -OCH3 is 1. The number of hydrogen-bond donors (Lipinski definition) is 1. The van der Waals surface area contributed by atoms with Gasteiger partial charge in [-0.1, -0.05) is 25.4 Å². The summed E-state index contributed by atoms with van der Waals surface area (Å²) < 4.78 is 32.6. The van der Waals surface area contributed by atoms with Crippen LogP contribution in [0.25, 0.3) is 0 Å². The lowest BCUT2D eigenvalue weighted by Crippen LogP contribution is -2.25. The molecule has 0 bridgehead atoms. The number of halogens is 3. The lowest BCUT2D eigenvalue weighted by molar-refractivity contribution is -0.138. The predicted octanol–water partition coefficient (Wildman–Crippen LogP) is 3.38. The molecule has 0 fully saturated rings. The van der Waals surface area contributed by atoms with Crippen LogP contribution in [-0.4, -0.2) is 18.2 Å². The number of rotatable bonds is 4. The van der Waals surface area contributed by atoms with E-state index < -0.39 is 29.4 Å². The number of benzene rings is 1. The average Bonchev–Trinajstić information content (AvgIpc) is 2.21. The van der Waals surface area contributed by atoms with Gasteiger partial charge < -0.3 is 9.84 Å². The number of carboxylic acids is 1. The van der Waals surface area contributed by atoms with Gasteiger partial charge in [0.05, 0.1) is 13.5 Å². The molecule has 0 aliphatic heterocycles. The Bertz CT molecular complexity index is 487. The van der Waals surface area contributed by atoms with Gasteiger partial charge in [-0.2, -0.15) is 0 Å². The van der Waals surface area contributed by atoms with Gasteiger partial charge in [-0.15, -0.1) is 0 Å². The summed E-state index contributed by atoms with van der Waals surface area (Å²) >= 11 is 5.70. The molecule has 18 heavy (non-hydrogen) atoms. The number of hydrogen-bond acceptors (Lipinski definition) is 2. The fourth-order valence-corrected chi connectivity index (χ4v) is 2.03. The van der Waals surface area contributed by atoms with E-state index in [2.05, 4.69) is 0 Å². The van der Waals surface area contributed by atoms with Crippen LogP contribution in [0.3, 0.4) is 0 Å². The van der Waals surface area contributed by atoms with Crippen LogP contribution in [0.5, 0.6) is 5.75 Å². The summed E-state index contributed by atoms with van der Waals surface area (Å²) in [6.07, 6.45) is -0.413. The van der Waals surface area contributed by atoms with Crippen molar-refractivity contribution in [1.29, 1.82) is 0 Å². The van der Waals surface area contributed by atoms with Crippen LogP contribution in [0, 0.1) is 11.6 Å². The molecule has 0 radical (unpaired) electrons. The summed E-state index contributed by atoms with van der Waals surface area (Å²) in [6, 6.07) is 0.949. The predicted molar refractivity (Wildman–Crippen MR) is 63.2 cm³/mol. The topological polar surface area (TPSA) is 46.5 Å². The van der Waals surface area contributed by atoms with Gasteiger partial charge in [0.25, 0.3) is 0 Å². The van der Waals surface area contributed by atoms with E-state index in [9.17, 15) is 13.6 Å². The summed E-state index contributed by atoms with van der Waals surface area (Å²) in [6.45, 7) is 2.87. The fourth-order valence-electron chi connectivity index (χ4n) is 1.81. The molecule has 1 rings (SSSR count).